The summed E-state index contributed by atoms with van der Waals surface area (Å²) in [5.74, 6) is 0.746. The molecule has 0 bridgehead atoms. The van der Waals surface area contributed by atoms with Gasteiger partial charge in [0.25, 0.3) is 10.2 Å². The molecule has 1 aromatic heterocycles. The van der Waals surface area contributed by atoms with Crippen molar-refractivity contribution in [3.63, 3.8) is 0 Å². The number of hydrogen-bond donors (Lipinski definition) is 0. The number of nitrogens with zero attached hydrogens (tertiary/aromatic N) is 4. The Labute approximate surface area is 194 Å². The largest absolute Gasteiger partial charge is 0.492 e. The lowest BCUT2D eigenvalue weighted by Crippen LogP contribution is -2.44. The SMILES string of the molecule is CCOc1ccccc1-n1nc2c(c1-c1ccc(Cl)cc1)CC(N(C)S(=O)(=O)N(C)C)C2. The second kappa shape index (κ2) is 8.86. The summed E-state index contributed by atoms with van der Waals surface area (Å²) in [4.78, 5) is 0. The van der Waals surface area contributed by atoms with E-state index in [-0.39, 0.29) is 6.04 Å². The van der Waals surface area contributed by atoms with Crippen LogP contribution < -0.4 is 4.74 Å². The average molecular weight is 475 g/mol. The van der Waals surface area contributed by atoms with E-state index in [0.717, 1.165) is 34.0 Å². The fourth-order valence-electron chi connectivity index (χ4n) is 4.10. The molecule has 0 saturated heterocycles. The van der Waals surface area contributed by atoms with E-state index in [9.17, 15) is 8.42 Å². The quantitative estimate of drug-likeness (QED) is 0.522. The van der Waals surface area contributed by atoms with E-state index in [1.54, 1.807) is 21.1 Å². The maximum atomic E-state index is 12.7. The van der Waals surface area contributed by atoms with Gasteiger partial charge in [-0.1, -0.05) is 35.9 Å². The van der Waals surface area contributed by atoms with E-state index < -0.39 is 10.2 Å². The second-order valence-electron chi connectivity index (χ2n) is 7.96. The molecule has 32 heavy (non-hydrogen) atoms. The number of benzene rings is 2. The molecule has 3 aromatic rings. The molecule has 9 heteroatoms. The van der Waals surface area contributed by atoms with Crippen LogP contribution in [0.25, 0.3) is 16.9 Å². The van der Waals surface area contributed by atoms with Gasteiger partial charge in [0, 0.05) is 49.8 Å². The Morgan fingerprint density at radius 2 is 1.78 bits per heavy atom. The third-order valence-electron chi connectivity index (χ3n) is 5.79. The Kier molecular flexibility index (Phi) is 6.31. The standard InChI is InChI=1S/C23H27ClN4O3S/c1-5-31-22-9-7-6-8-21(22)28-23(16-10-12-17(24)13-11-16)19-14-18(15-20(19)25-28)27(4)32(29,30)26(2)3/h6-13,18H,5,14-15H2,1-4H3. The third kappa shape index (κ3) is 4.03. The molecular weight excluding hydrogens is 448 g/mol. The smallest absolute Gasteiger partial charge is 0.281 e. The molecule has 0 N–H and O–H groups in total. The zero-order chi connectivity index (χ0) is 23.0. The molecule has 1 aliphatic carbocycles. The highest BCUT2D eigenvalue weighted by Crippen LogP contribution is 2.38. The Bertz CT molecular complexity index is 1220. The van der Waals surface area contributed by atoms with Gasteiger partial charge in [-0.05, 0) is 37.6 Å². The van der Waals surface area contributed by atoms with Crippen LogP contribution in [0.4, 0.5) is 0 Å². The van der Waals surface area contributed by atoms with Gasteiger partial charge < -0.3 is 4.74 Å². The molecule has 0 saturated carbocycles. The predicted octanol–water partition coefficient (Wildman–Crippen LogP) is 3.80. The van der Waals surface area contributed by atoms with E-state index in [1.807, 2.05) is 60.1 Å². The summed E-state index contributed by atoms with van der Waals surface area (Å²) >= 11 is 6.14. The van der Waals surface area contributed by atoms with Crippen molar-refractivity contribution < 1.29 is 13.2 Å². The number of para-hydroxylation sites is 2. The van der Waals surface area contributed by atoms with Gasteiger partial charge in [-0.3, -0.25) is 0 Å². The first kappa shape index (κ1) is 22.8. The predicted molar refractivity (Wildman–Crippen MR) is 127 cm³/mol. The molecule has 0 fully saturated rings. The summed E-state index contributed by atoms with van der Waals surface area (Å²) in [6, 6.07) is 15.2. The van der Waals surface area contributed by atoms with Crippen molar-refractivity contribution in [3.8, 4) is 22.7 Å². The van der Waals surface area contributed by atoms with Crippen molar-refractivity contribution in [1.82, 2.24) is 18.4 Å². The van der Waals surface area contributed by atoms with Crippen molar-refractivity contribution in [2.75, 3.05) is 27.7 Å². The average Bonchev–Trinajstić information content (AvgIpc) is 3.32. The molecule has 1 aliphatic rings. The molecule has 0 radical (unpaired) electrons. The summed E-state index contributed by atoms with van der Waals surface area (Å²) in [5.41, 5.74) is 4.69. The highest BCUT2D eigenvalue weighted by molar-refractivity contribution is 7.86. The molecule has 4 rings (SSSR count). The molecule has 0 spiro atoms. The fourth-order valence-corrected chi connectivity index (χ4v) is 5.26. The van der Waals surface area contributed by atoms with Crippen LogP contribution in [0.15, 0.2) is 48.5 Å². The minimum absolute atomic E-state index is 0.192. The summed E-state index contributed by atoms with van der Waals surface area (Å²) in [6.45, 7) is 2.50. The third-order valence-corrected chi connectivity index (χ3v) is 7.99. The zero-order valence-corrected chi connectivity index (χ0v) is 20.2. The summed E-state index contributed by atoms with van der Waals surface area (Å²) < 4.78 is 35.8. The number of halogens is 1. The Morgan fingerprint density at radius 3 is 2.44 bits per heavy atom. The Morgan fingerprint density at radius 1 is 1.09 bits per heavy atom. The van der Waals surface area contributed by atoms with E-state index in [0.29, 0.717) is 24.5 Å². The maximum Gasteiger partial charge on any atom is 0.281 e. The van der Waals surface area contributed by atoms with Gasteiger partial charge >= 0.3 is 0 Å². The highest BCUT2D eigenvalue weighted by atomic mass is 35.5. The van der Waals surface area contributed by atoms with E-state index >= 15 is 0 Å². The Balaban J connectivity index is 1.82. The van der Waals surface area contributed by atoms with Crippen molar-refractivity contribution in [1.29, 1.82) is 0 Å². The summed E-state index contributed by atoms with van der Waals surface area (Å²) in [5, 5.41) is 5.58. The van der Waals surface area contributed by atoms with Crippen LogP contribution in [-0.2, 0) is 23.1 Å². The lowest BCUT2D eigenvalue weighted by molar-refractivity contribution is 0.338. The van der Waals surface area contributed by atoms with E-state index in [4.69, 9.17) is 21.4 Å². The van der Waals surface area contributed by atoms with Crippen LogP contribution in [0.3, 0.4) is 0 Å². The molecular formula is C23H27ClN4O3S. The maximum absolute atomic E-state index is 12.7. The number of ether oxygens (including phenoxy) is 1. The normalized spacial score (nSPS) is 16.0. The molecule has 0 aliphatic heterocycles. The molecule has 1 unspecified atom stereocenters. The second-order valence-corrected chi connectivity index (χ2v) is 10.6. The fraction of sp³-hybridized carbons (Fsp3) is 0.348. The van der Waals surface area contributed by atoms with Crippen LogP contribution in [0.5, 0.6) is 5.75 Å². The molecule has 170 valence electrons. The number of likely N-dealkylation sites (N-methyl/N-ethyl adjacent to an activating group) is 1. The number of rotatable bonds is 7. The monoisotopic (exact) mass is 474 g/mol. The molecule has 2 aromatic carbocycles. The van der Waals surface area contributed by atoms with E-state index in [2.05, 4.69) is 0 Å². The first-order valence-electron chi connectivity index (χ1n) is 10.5. The van der Waals surface area contributed by atoms with Gasteiger partial charge in [0.2, 0.25) is 0 Å². The van der Waals surface area contributed by atoms with E-state index in [1.165, 1.54) is 8.61 Å². The summed E-state index contributed by atoms with van der Waals surface area (Å²) in [7, 11) is 1.20. The zero-order valence-electron chi connectivity index (χ0n) is 18.6. The first-order valence-corrected chi connectivity index (χ1v) is 12.3. The highest BCUT2D eigenvalue weighted by Gasteiger charge is 2.37. The lowest BCUT2D eigenvalue weighted by atomic mass is 10.1. The van der Waals surface area contributed by atoms with Crippen molar-refractivity contribution in [2.45, 2.75) is 25.8 Å². The summed E-state index contributed by atoms with van der Waals surface area (Å²) in [6.07, 6.45) is 1.12. The van der Waals surface area contributed by atoms with Crippen LogP contribution in [-0.4, -0.2) is 60.6 Å². The topological polar surface area (TPSA) is 67.7 Å². The first-order chi connectivity index (χ1) is 15.2. The van der Waals surface area contributed by atoms with Crippen molar-refractivity contribution in [2.24, 2.45) is 0 Å². The minimum Gasteiger partial charge on any atom is -0.492 e. The molecule has 7 nitrogen and oxygen atoms in total. The van der Waals surface area contributed by atoms with Gasteiger partial charge in [0.1, 0.15) is 11.4 Å². The lowest BCUT2D eigenvalue weighted by Gasteiger charge is -2.27. The number of hydrogen-bond acceptors (Lipinski definition) is 4. The van der Waals surface area contributed by atoms with Gasteiger partial charge in [-0.15, -0.1) is 0 Å². The van der Waals surface area contributed by atoms with Gasteiger partial charge in [-0.25, -0.2) is 4.68 Å². The van der Waals surface area contributed by atoms with Crippen LogP contribution >= 0.6 is 11.6 Å². The van der Waals surface area contributed by atoms with Crippen LogP contribution in [0.2, 0.25) is 5.02 Å². The number of fused-ring (bicyclic) bond motifs is 1. The van der Waals surface area contributed by atoms with Crippen LogP contribution in [0, 0.1) is 0 Å². The molecule has 1 heterocycles. The number of aromatic nitrogens is 2. The minimum atomic E-state index is -3.52. The van der Waals surface area contributed by atoms with Crippen LogP contribution in [0.1, 0.15) is 18.2 Å². The van der Waals surface area contributed by atoms with Crippen molar-refractivity contribution in [3.05, 3.63) is 64.8 Å². The van der Waals surface area contributed by atoms with Crippen molar-refractivity contribution >= 4 is 21.8 Å². The Hall–Kier alpha value is -2.39. The van der Waals surface area contributed by atoms with Gasteiger partial charge in [0.15, 0.2) is 0 Å². The van der Waals surface area contributed by atoms with Gasteiger partial charge in [0.05, 0.1) is 18.0 Å². The van der Waals surface area contributed by atoms with Gasteiger partial charge in [-0.2, -0.15) is 22.1 Å². The molecule has 0 amide bonds. The molecule has 1 atom stereocenters.